The molecule has 0 aliphatic carbocycles. The lowest BCUT2D eigenvalue weighted by Crippen LogP contribution is -2.59. The van der Waals surface area contributed by atoms with Crippen molar-refractivity contribution in [1.29, 1.82) is 0 Å². The minimum Gasteiger partial charge on any atom is -0.480 e. The first-order chi connectivity index (χ1) is 10.9. The lowest BCUT2D eigenvalue weighted by molar-refractivity contribution is -0.697. The smallest absolute Gasteiger partial charge is 0.328 e. The molecule has 0 spiro atoms. The number of fused-ring (bicyclic) bond motifs is 1. The number of ether oxygens (including phenoxy) is 1. The molecule has 0 radical (unpaired) electrons. The SMILES string of the molecule is C[C@@]1(C(=O)OCC[n+]2ccccc2)SC2CC(=O)N2[C@H]1C(=O)O. The van der Waals surface area contributed by atoms with Crippen molar-refractivity contribution in [2.24, 2.45) is 0 Å². The third-order valence-corrected chi connectivity index (χ3v) is 5.67. The molecule has 1 aromatic rings. The molecule has 3 atom stereocenters. The van der Waals surface area contributed by atoms with E-state index < -0.39 is 22.7 Å². The third kappa shape index (κ3) is 2.67. The summed E-state index contributed by atoms with van der Waals surface area (Å²) < 4.78 is 5.88. The fourth-order valence-electron chi connectivity index (χ4n) is 2.91. The number of aromatic nitrogens is 1. The van der Waals surface area contributed by atoms with E-state index in [9.17, 15) is 19.5 Å². The molecule has 0 aromatic carbocycles. The number of thioether (sulfide) groups is 1. The molecule has 0 saturated carbocycles. The summed E-state index contributed by atoms with van der Waals surface area (Å²) in [5.74, 6) is -2.00. The van der Waals surface area contributed by atoms with Crippen LogP contribution in [-0.2, 0) is 25.7 Å². The van der Waals surface area contributed by atoms with Gasteiger partial charge in [-0.25, -0.2) is 9.36 Å². The number of hydrogen-bond donors (Lipinski definition) is 1. The molecular weight excluding hydrogens is 320 g/mol. The van der Waals surface area contributed by atoms with Crippen LogP contribution in [0, 0.1) is 0 Å². The zero-order valence-corrected chi connectivity index (χ0v) is 13.4. The van der Waals surface area contributed by atoms with E-state index >= 15 is 0 Å². The van der Waals surface area contributed by atoms with Crippen LogP contribution in [-0.4, -0.2) is 50.6 Å². The predicted molar refractivity (Wildman–Crippen MR) is 80.3 cm³/mol. The number of hydrogen-bond acceptors (Lipinski definition) is 5. The van der Waals surface area contributed by atoms with Gasteiger partial charge in [0, 0.05) is 12.1 Å². The molecule has 1 amide bonds. The Hall–Kier alpha value is -2.09. The van der Waals surface area contributed by atoms with Crippen LogP contribution < -0.4 is 4.57 Å². The molecule has 1 aromatic heterocycles. The van der Waals surface area contributed by atoms with Gasteiger partial charge in [0.1, 0.15) is 4.75 Å². The van der Waals surface area contributed by atoms with Gasteiger partial charge in [0.15, 0.2) is 31.6 Å². The van der Waals surface area contributed by atoms with Gasteiger partial charge in [-0.15, -0.1) is 11.8 Å². The highest BCUT2D eigenvalue weighted by Gasteiger charge is 2.64. The van der Waals surface area contributed by atoms with Crippen LogP contribution in [0.3, 0.4) is 0 Å². The summed E-state index contributed by atoms with van der Waals surface area (Å²) in [6.45, 7) is 2.17. The Morgan fingerprint density at radius 3 is 2.74 bits per heavy atom. The summed E-state index contributed by atoms with van der Waals surface area (Å²) in [4.78, 5) is 36.9. The summed E-state index contributed by atoms with van der Waals surface area (Å²) in [5.41, 5.74) is 0. The number of esters is 1. The first-order valence-electron chi connectivity index (χ1n) is 7.26. The van der Waals surface area contributed by atoms with Crippen molar-refractivity contribution in [3.63, 3.8) is 0 Å². The van der Waals surface area contributed by atoms with E-state index in [0.717, 1.165) is 0 Å². The molecular formula is C15H17N2O5S+. The minimum atomic E-state index is -1.27. The summed E-state index contributed by atoms with van der Waals surface area (Å²) >= 11 is 1.20. The van der Waals surface area contributed by atoms with Crippen molar-refractivity contribution in [2.75, 3.05) is 6.61 Å². The van der Waals surface area contributed by atoms with Gasteiger partial charge in [-0.05, 0) is 6.92 Å². The van der Waals surface area contributed by atoms with Crippen LogP contribution >= 0.6 is 11.8 Å². The Labute approximate surface area is 137 Å². The lowest BCUT2D eigenvalue weighted by Gasteiger charge is -2.36. The van der Waals surface area contributed by atoms with E-state index in [1.54, 1.807) is 6.92 Å². The monoisotopic (exact) mass is 337 g/mol. The highest BCUT2D eigenvalue weighted by Crippen LogP contribution is 2.51. The molecule has 2 aliphatic heterocycles. The highest BCUT2D eigenvalue weighted by atomic mass is 32.2. The molecule has 2 aliphatic rings. The second-order valence-electron chi connectivity index (χ2n) is 5.67. The first-order valence-corrected chi connectivity index (χ1v) is 8.14. The molecule has 7 nitrogen and oxygen atoms in total. The molecule has 3 heterocycles. The molecule has 1 N–H and O–H groups in total. The Morgan fingerprint density at radius 1 is 1.43 bits per heavy atom. The van der Waals surface area contributed by atoms with Crippen LogP contribution in [0.25, 0.3) is 0 Å². The summed E-state index contributed by atoms with van der Waals surface area (Å²) in [5, 5.41) is 9.18. The number of carbonyl (C=O) groups is 3. The molecule has 2 fully saturated rings. The quantitative estimate of drug-likeness (QED) is 0.463. The van der Waals surface area contributed by atoms with Crippen molar-refractivity contribution in [2.45, 2.75) is 36.1 Å². The number of aliphatic carboxylic acids is 1. The number of β-lactam (4-membered cyclic amide) rings is 1. The average molecular weight is 337 g/mol. The third-order valence-electron chi connectivity index (χ3n) is 4.13. The number of carboxylic acid groups (broad SMARTS) is 1. The maximum absolute atomic E-state index is 12.4. The van der Waals surface area contributed by atoms with E-state index in [2.05, 4.69) is 0 Å². The van der Waals surface area contributed by atoms with Gasteiger partial charge in [0.25, 0.3) is 0 Å². The van der Waals surface area contributed by atoms with Crippen molar-refractivity contribution >= 4 is 29.6 Å². The Kier molecular flexibility index (Phi) is 4.01. The van der Waals surface area contributed by atoms with Gasteiger partial charge in [0.2, 0.25) is 5.91 Å². The molecule has 0 bridgehead atoms. The van der Waals surface area contributed by atoms with Crippen LogP contribution in [0.2, 0.25) is 0 Å². The number of rotatable bonds is 5. The van der Waals surface area contributed by atoms with E-state index in [1.807, 2.05) is 35.2 Å². The molecule has 8 heteroatoms. The summed E-state index contributed by atoms with van der Waals surface area (Å²) in [6, 6.07) is 4.45. The topological polar surface area (TPSA) is 87.8 Å². The van der Waals surface area contributed by atoms with Gasteiger partial charge in [0.05, 0.1) is 11.8 Å². The number of nitrogens with zero attached hydrogens (tertiary/aromatic N) is 2. The van der Waals surface area contributed by atoms with Crippen LogP contribution in [0.15, 0.2) is 30.6 Å². The summed E-state index contributed by atoms with van der Waals surface area (Å²) in [7, 11) is 0. The van der Waals surface area contributed by atoms with Crippen LogP contribution in [0.4, 0.5) is 0 Å². The number of carbonyl (C=O) groups excluding carboxylic acids is 2. The molecule has 122 valence electrons. The Bertz CT molecular complexity index is 653. The predicted octanol–water partition coefficient (Wildman–Crippen LogP) is 0.0344. The minimum absolute atomic E-state index is 0.147. The van der Waals surface area contributed by atoms with Gasteiger partial charge in [-0.1, -0.05) is 6.07 Å². The standard InChI is InChI=1S/C15H16N2O5S/c1-15(12(13(19)20)17-10(18)9-11(17)23-15)14(21)22-8-7-16-5-3-2-4-6-16/h2-6,11-12H,7-9H2,1H3/p+1/t11?,12-,15+/m0/s1. The van der Waals surface area contributed by atoms with Gasteiger partial charge in [-0.3, -0.25) is 9.59 Å². The second kappa shape index (κ2) is 5.84. The van der Waals surface area contributed by atoms with Crippen LogP contribution in [0.1, 0.15) is 13.3 Å². The first kappa shape index (κ1) is 15.8. The van der Waals surface area contributed by atoms with Crippen molar-refractivity contribution < 1.29 is 28.8 Å². The van der Waals surface area contributed by atoms with E-state index in [4.69, 9.17) is 4.74 Å². The van der Waals surface area contributed by atoms with E-state index in [-0.39, 0.29) is 24.3 Å². The Balaban J connectivity index is 1.65. The largest absolute Gasteiger partial charge is 0.480 e. The molecule has 1 unspecified atom stereocenters. The maximum atomic E-state index is 12.4. The van der Waals surface area contributed by atoms with Crippen molar-refractivity contribution in [3.8, 4) is 0 Å². The maximum Gasteiger partial charge on any atom is 0.328 e. The second-order valence-corrected chi connectivity index (χ2v) is 7.30. The lowest BCUT2D eigenvalue weighted by atomic mass is 9.96. The van der Waals surface area contributed by atoms with Crippen molar-refractivity contribution in [1.82, 2.24) is 4.90 Å². The number of amides is 1. The zero-order chi connectivity index (χ0) is 16.6. The van der Waals surface area contributed by atoms with Gasteiger partial charge < -0.3 is 14.7 Å². The van der Waals surface area contributed by atoms with Crippen molar-refractivity contribution in [3.05, 3.63) is 30.6 Å². The van der Waals surface area contributed by atoms with E-state index in [0.29, 0.717) is 6.54 Å². The number of pyridine rings is 1. The molecule has 23 heavy (non-hydrogen) atoms. The Morgan fingerprint density at radius 2 is 2.13 bits per heavy atom. The zero-order valence-electron chi connectivity index (χ0n) is 12.5. The normalized spacial score (nSPS) is 28.9. The molecule has 2 saturated heterocycles. The van der Waals surface area contributed by atoms with Gasteiger partial charge >= 0.3 is 11.9 Å². The highest BCUT2D eigenvalue weighted by molar-refractivity contribution is 8.02. The fraction of sp³-hybridized carbons (Fsp3) is 0.467. The summed E-state index contributed by atoms with van der Waals surface area (Å²) in [6.07, 6.45) is 3.98. The van der Waals surface area contributed by atoms with E-state index in [1.165, 1.54) is 16.7 Å². The average Bonchev–Trinajstić information content (AvgIpc) is 2.77. The number of carboxylic acids is 1. The van der Waals surface area contributed by atoms with Gasteiger partial charge in [-0.2, -0.15) is 0 Å². The molecule has 3 rings (SSSR count). The fourth-order valence-corrected chi connectivity index (χ4v) is 4.55. The van der Waals surface area contributed by atoms with Crippen LogP contribution in [0.5, 0.6) is 0 Å².